The SMILES string of the molecule is CC(C)c1ccc2c(c1)CC[C@H]1[C@@](CNC(=O)c3ccccn3)(Cc3ccc(F)cc3)CCC[C@]21C. The van der Waals surface area contributed by atoms with Crippen LogP contribution in [-0.2, 0) is 18.3 Å². The molecule has 3 nitrogen and oxygen atoms in total. The van der Waals surface area contributed by atoms with E-state index in [-0.39, 0.29) is 22.6 Å². The van der Waals surface area contributed by atoms with Gasteiger partial charge in [-0.1, -0.05) is 63.6 Å². The van der Waals surface area contributed by atoms with Gasteiger partial charge in [0.05, 0.1) is 0 Å². The summed E-state index contributed by atoms with van der Waals surface area (Å²) in [6, 6.07) is 19.5. The number of benzene rings is 2. The van der Waals surface area contributed by atoms with Crippen LogP contribution in [0.2, 0.25) is 0 Å². The van der Waals surface area contributed by atoms with E-state index in [2.05, 4.69) is 49.3 Å². The van der Waals surface area contributed by atoms with Gasteiger partial charge in [0.25, 0.3) is 5.91 Å². The van der Waals surface area contributed by atoms with Gasteiger partial charge in [-0.2, -0.15) is 0 Å². The number of nitrogens with zero attached hydrogens (tertiary/aromatic N) is 1. The van der Waals surface area contributed by atoms with Crippen LogP contribution in [0.4, 0.5) is 4.39 Å². The average molecular weight is 485 g/mol. The van der Waals surface area contributed by atoms with E-state index in [1.54, 1.807) is 24.4 Å². The van der Waals surface area contributed by atoms with E-state index in [9.17, 15) is 9.18 Å². The second kappa shape index (κ2) is 9.80. The maximum atomic E-state index is 13.7. The van der Waals surface area contributed by atoms with Gasteiger partial charge < -0.3 is 5.32 Å². The Morgan fingerprint density at radius 2 is 1.92 bits per heavy atom. The Hall–Kier alpha value is -3.01. The molecule has 3 atom stereocenters. The summed E-state index contributed by atoms with van der Waals surface area (Å²) < 4.78 is 13.7. The van der Waals surface area contributed by atoms with E-state index in [1.807, 2.05) is 24.3 Å². The molecule has 1 fully saturated rings. The van der Waals surface area contributed by atoms with E-state index in [0.29, 0.717) is 24.1 Å². The smallest absolute Gasteiger partial charge is 0.269 e. The third-order valence-corrected chi connectivity index (χ3v) is 8.96. The lowest BCUT2D eigenvalue weighted by molar-refractivity contribution is 0.0111. The van der Waals surface area contributed by atoms with Crippen molar-refractivity contribution >= 4 is 5.91 Å². The van der Waals surface area contributed by atoms with Crippen molar-refractivity contribution < 1.29 is 9.18 Å². The number of rotatable bonds is 6. The minimum atomic E-state index is -0.211. The Morgan fingerprint density at radius 1 is 1.11 bits per heavy atom. The third kappa shape index (κ3) is 4.58. The third-order valence-electron chi connectivity index (χ3n) is 8.96. The summed E-state index contributed by atoms with van der Waals surface area (Å²) in [6.07, 6.45) is 7.97. The summed E-state index contributed by atoms with van der Waals surface area (Å²) in [5.74, 6) is 0.605. The number of nitrogens with one attached hydrogen (secondary N) is 1. The zero-order valence-electron chi connectivity index (χ0n) is 21.7. The molecule has 1 N–H and O–H groups in total. The van der Waals surface area contributed by atoms with Gasteiger partial charge >= 0.3 is 0 Å². The zero-order chi connectivity index (χ0) is 25.3. The van der Waals surface area contributed by atoms with Crippen molar-refractivity contribution in [1.29, 1.82) is 0 Å². The van der Waals surface area contributed by atoms with Crippen LogP contribution < -0.4 is 5.32 Å². The van der Waals surface area contributed by atoms with Crippen LogP contribution in [0.5, 0.6) is 0 Å². The number of amides is 1. The first kappa shape index (κ1) is 24.7. The van der Waals surface area contributed by atoms with Crippen molar-refractivity contribution in [2.24, 2.45) is 11.3 Å². The van der Waals surface area contributed by atoms with Gasteiger partial charge in [-0.05, 0) is 101 Å². The maximum Gasteiger partial charge on any atom is 0.269 e. The largest absolute Gasteiger partial charge is 0.350 e. The molecule has 0 bridgehead atoms. The van der Waals surface area contributed by atoms with Crippen molar-refractivity contribution in [2.45, 2.75) is 70.6 Å². The predicted molar refractivity (Wildman–Crippen MR) is 143 cm³/mol. The van der Waals surface area contributed by atoms with E-state index in [1.165, 1.54) is 16.7 Å². The Labute approximate surface area is 214 Å². The lowest BCUT2D eigenvalue weighted by atomic mass is 9.48. The second-order valence-corrected chi connectivity index (χ2v) is 11.5. The summed E-state index contributed by atoms with van der Waals surface area (Å²) in [7, 11) is 0. The van der Waals surface area contributed by atoms with Crippen molar-refractivity contribution in [2.75, 3.05) is 6.54 Å². The van der Waals surface area contributed by atoms with E-state index >= 15 is 0 Å². The lowest BCUT2D eigenvalue weighted by Crippen LogP contribution is -2.55. The Bertz CT molecular complexity index is 1220. The van der Waals surface area contributed by atoms with Gasteiger partial charge in [0.15, 0.2) is 0 Å². The average Bonchev–Trinajstić information content (AvgIpc) is 2.88. The van der Waals surface area contributed by atoms with Gasteiger partial charge in [0.2, 0.25) is 0 Å². The van der Waals surface area contributed by atoms with Gasteiger partial charge in [-0.25, -0.2) is 4.39 Å². The first-order valence-electron chi connectivity index (χ1n) is 13.4. The number of hydrogen-bond donors (Lipinski definition) is 1. The topological polar surface area (TPSA) is 42.0 Å². The van der Waals surface area contributed by atoms with Crippen molar-refractivity contribution in [3.63, 3.8) is 0 Å². The molecule has 36 heavy (non-hydrogen) atoms. The molecule has 188 valence electrons. The first-order valence-corrected chi connectivity index (χ1v) is 13.4. The molecular weight excluding hydrogens is 447 g/mol. The standard InChI is InChI=1S/C32H37FN2O/c1-22(2)24-10-14-27-25(19-24)11-15-29-31(27,3)16-6-17-32(29,20-23-8-12-26(33)13-9-23)21-35-30(36)28-7-4-5-18-34-28/h4-5,7-10,12-14,18-19,22,29H,6,11,15-17,20-21H2,1-3H3,(H,35,36)/t29-,31-,32-/m1/s1. The van der Waals surface area contributed by atoms with Gasteiger partial charge in [0.1, 0.15) is 11.5 Å². The highest BCUT2D eigenvalue weighted by atomic mass is 19.1. The fraction of sp³-hybridized carbons (Fsp3) is 0.438. The minimum absolute atomic E-state index is 0.0527. The highest BCUT2D eigenvalue weighted by molar-refractivity contribution is 5.92. The zero-order valence-corrected chi connectivity index (χ0v) is 21.7. The number of aromatic nitrogens is 1. The summed E-state index contributed by atoms with van der Waals surface area (Å²) >= 11 is 0. The predicted octanol–water partition coefficient (Wildman–Crippen LogP) is 7.01. The van der Waals surface area contributed by atoms with Crippen LogP contribution in [0.1, 0.15) is 85.1 Å². The highest BCUT2D eigenvalue weighted by Gasteiger charge is 2.53. The molecule has 0 radical (unpaired) electrons. The fourth-order valence-corrected chi connectivity index (χ4v) is 7.15. The summed E-state index contributed by atoms with van der Waals surface area (Å²) in [6.45, 7) is 7.56. The van der Waals surface area contributed by atoms with Gasteiger partial charge in [-0.15, -0.1) is 0 Å². The molecule has 0 unspecified atom stereocenters. The molecule has 0 aliphatic heterocycles. The molecule has 2 aliphatic carbocycles. The quantitative estimate of drug-likeness (QED) is 0.409. The molecule has 2 aromatic carbocycles. The van der Waals surface area contributed by atoms with Crippen LogP contribution in [0.3, 0.4) is 0 Å². The van der Waals surface area contributed by atoms with Gasteiger partial charge in [-0.3, -0.25) is 9.78 Å². The number of fused-ring (bicyclic) bond motifs is 3. The molecule has 3 aromatic rings. The molecule has 2 aliphatic rings. The second-order valence-electron chi connectivity index (χ2n) is 11.5. The number of pyridine rings is 1. The Morgan fingerprint density at radius 3 is 2.64 bits per heavy atom. The van der Waals surface area contributed by atoms with Crippen LogP contribution in [0, 0.1) is 17.2 Å². The summed E-state index contributed by atoms with van der Waals surface area (Å²) in [4.78, 5) is 17.3. The minimum Gasteiger partial charge on any atom is -0.350 e. The molecule has 1 heterocycles. The Kier molecular flexibility index (Phi) is 6.72. The Balaban J connectivity index is 1.51. The molecule has 1 amide bonds. The van der Waals surface area contributed by atoms with Gasteiger partial charge in [0, 0.05) is 12.7 Å². The highest BCUT2D eigenvalue weighted by Crippen LogP contribution is 2.58. The molecule has 0 saturated heterocycles. The number of aryl methyl sites for hydroxylation is 1. The van der Waals surface area contributed by atoms with E-state index in [4.69, 9.17) is 0 Å². The first-order chi connectivity index (χ1) is 17.3. The van der Waals surface area contributed by atoms with E-state index in [0.717, 1.165) is 44.1 Å². The number of halogens is 1. The van der Waals surface area contributed by atoms with Crippen molar-refractivity contribution in [3.05, 3.63) is 101 Å². The van der Waals surface area contributed by atoms with Crippen LogP contribution in [0.25, 0.3) is 0 Å². The lowest BCUT2D eigenvalue weighted by Gasteiger charge is -2.57. The monoisotopic (exact) mass is 484 g/mol. The van der Waals surface area contributed by atoms with Crippen LogP contribution in [0.15, 0.2) is 66.9 Å². The normalized spacial score (nSPS) is 25.2. The van der Waals surface area contributed by atoms with Crippen molar-refractivity contribution in [3.8, 4) is 0 Å². The molecule has 0 spiro atoms. The molecule has 1 saturated carbocycles. The van der Waals surface area contributed by atoms with E-state index < -0.39 is 0 Å². The molecule has 1 aromatic heterocycles. The number of carbonyl (C=O) groups excluding carboxylic acids is 1. The maximum absolute atomic E-state index is 13.7. The van der Waals surface area contributed by atoms with Crippen LogP contribution in [-0.4, -0.2) is 17.4 Å². The van der Waals surface area contributed by atoms with Crippen molar-refractivity contribution in [1.82, 2.24) is 10.3 Å². The summed E-state index contributed by atoms with van der Waals surface area (Å²) in [5, 5.41) is 3.26. The fourth-order valence-electron chi connectivity index (χ4n) is 7.15. The summed E-state index contributed by atoms with van der Waals surface area (Å²) in [5.41, 5.74) is 5.92. The number of carbonyl (C=O) groups is 1. The van der Waals surface area contributed by atoms with Crippen LogP contribution >= 0.6 is 0 Å². The molecule has 4 heteroatoms. The number of hydrogen-bond acceptors (Lipinski definition) is 2. The molecular formula is C32H37FN2O. The molecule has 5 rings (SSSR count).